The third kappa shape index (κ3) is 4.54. The number of morpholine rings is 1. The zero-order valence-corrected chi connectivity index (χ0v) is 19.5. The van der Waals surface area contributed by atoms with E-state index in [4.69, 9.17) is 17.0 Å². The van der Waals surface area contributed by atoms with Crippen LogP contribution < -0.4 is 5.32 Å². The average molecular weight is 478 g/mol. The SMILES string of the molecule is O=C(O)c1ccc(-n2cccc2C2C(c3ccccn3)NC(=S)N2CCN2CCOCC2)cc1. The first kappa shape index (κ1) is 22.5. The molecule has 2 N–H and O–H groups in total. The van der Waals surface area contributed by atoms with E-state index >= 15 is 0 Å². The minimum absolute atomic E-state index is 0.0717. The van der Waals surface area contributed by atoms with Gasteiger partial charge in [0.15, 0.2) is 5.11 Å². The zero-order chi connectivity index (χ0) is 23.5. The average Bonchev–Trinajstić information content (AvgIpc) is 3.48. The van der Waals surface area contributed by atoms with Gasteiger partial charge in [0.05, 0.1) is 36.6 Å². The van der Waals surface area contributed by atoms with Crippen LogP contribution in [0.2, 0.25) is 0 Å². The first-order valence-electron chi connectivity index (χ1n) is 11.4. The molecule has 1 aromatic carbocycles. The Kier molecular flexibility index (Phi) is 6.57. The molecule has 0 bridgehead atoms. The molecule has 0 radical (unpaired) electrons. The summed E-state index contributed by atoms with van der Waals surface area (Å²) in [7, 11) is 0. The first-order chi connectivity index (χ1) is 16.6. The molecule has 3 aromatic rings. The van der Waals surface area contributed by atoms with Gasteiger partial charge in [0, 0.05) is 50.0 Å². The van der Waals surface area contributed by atoms with E-state index in [-0.39, 0.29) is 17.6 Å². The molecule has 2 saturated heterocycles. The number of carboxylic acid groups (broad SMARTS) is 1. The van der Waals surface area contributed by atoms with E-state index in [1.54, 1.807) is 18.3 Å². The van der Waals surface area contributed by atoms with E-state index in [1.807, 2.05) is 42.6 Å². The lowest BCUT2D eigenvalue weighted by atomic mass is 10.0. The van der Waals surface area contributed by atoms with Gasteiger partial charge in [-0.15, -0.1) is 0 Å². The van der Waals surface area contributed by atoms with Crippen LogP contribution in [0.4, 0.5) is 0 Å². The number of carboxylic acids is 1. The van der Waals surface area contributed by atoms with Gasteiger partial charge in [-0.2, -0.15) is 0 Å². The summed E-state index contributed by atoms with van der Waals surface area (Å²) in [5.41, 5.74) is 3.15. The highest BCUT2D eigenvalue weighted by atomic mass is 32.1. The molecule has 8 nitrogen and oxygen atoms in total. The smallest absolute Gasteiger partial charge is 0.335 e. The topological polar surface area (TPSA) is 82.9 Å². The van der Waals surface area contributed by atoms with Gasteiger partial charge in [-0.3, -0.25) is 9.88 Å². The lowest BCUT2D eigenvalue weighted by Crippen LogP contribution is -2.42. The molecular weight excluding hydrogens is 450 g/mol. The van der Waals surface area contributed by atoms with Gasteiger partial charge in [0.2, 0.25) is 0 Å². The maximum atomic E-state index is 11.3. The van der Waals surface area contributed by atoms with E-state index < -0.39 is 5.97 Å². The van der Waals surface area contributed by atoms with Crippen molar-refractivity contribution in [3.05, 3.63) is 83.9 Å². The predicted molar refractivity (Wildman–Crippen MR) is 132 cm³/mol. The van der Waals surface area contributed by atoms with E-state index in [0.717, 1.165) is 56.5 Å². The van der Waals surface area contributed by atoms with Gasteiger partial charge in [-0.25, -0.2) is 4.79 Å². The molecule has 0 spiro atoms. The van der Waals surface area contributed by atoms with Crippen LogP contribution in [0, 0.1) is 0 Å². The Balaban J connectivity index is 1.49. The van der Waals surface area contributed by atoms with Crippen molar-refractivity contribution in [3.63, 3.8) is 0 Å². The van der Waals surface area contributed by atoms with E-state index in [1.165, 1.54) is 0 Å². The quantitative estimate of drug-likeness (QED) is 0.503. The molecule has 176 valence electrons. The Morgan fingerprint density at radius 1 is 1.09 bits per heavy atom. The second kappa shape index (κ2) is 9.92. The molecular formula is C25H27N5O3S. The molecule has 2 aliphatic rings. The summed E-state index contributed by atoms with van der Waals surface area (Å²) in [6.07, 6.45) is 3.80. The highest BCUT2D eigenvalue weighted by Crippen LogP contribution is 2.39. The van der Waals surface area contributed by atoms with Crippen molar-refractivity contribution in [2.75, 3.05) is 39.4 Å². The summed E-state index contributed by atoms with van der Waals surface area (Å²) in [4.78, 5) is 20.6. The number of pyridine rings is 1. The number of hydrogen-bond donors (Lipinski definition) is 2. The fourth-order valence-electron chi connectivity index (χ4n) is 4.68. The zero-order valence-electron chi connectivity index (χ0n) is 18.7. The van der Waals surface area contributed by atoms with Gasteiger partial charge in [0.1, 0.15) is 0 Å². The molecule has 0 aliphatic carbocycles. The van der Waals surface area contributed by atoms with Crippen molar-refractivity contribution >= 4 is 23.3 Å². The summed E-state index contributed by atoms with van der Waals surface area (Å²) in [5.74, 6) is -0.936. The first-order valence-corrected chi connectivity index (χ1v) is 11.8. The Hall–Kier alpha value is -3.27. The predicted octanol–water partition coefficient (Wildman–Crippen LogP) is 2.88. The second-order valence-corrected chi connectivity index (χ2v) is 8.82. The number of thiocarbonyl (C=S) groups is 1. The van der Waals surface area contributed by atoms with Crippen LogP contribution in [0.5, 0.6) is 0 Å². The van der Waals surface area contributed by atoms with Gasteiger partial charge in [-0.1, -0.05) is 6.07 Å². The van der Waals surface area contributed by atoms with Crippen molar-refractivity contribution in [2.45, 2.75) is 12.1 Å². The maximum absolute atomic E-state index is 11.3. The highest BCUT2D eigenvalue weighted by Gasteiger charge is 2.41. The van der Waals surface area contributed by atoms with E-state index in [9.17, 15) is 9.90 Å². The van der Waals surface area contributed by atoms with Crippen molar-refractivity contribution in [1.29, 1.82) is 0 Å². The van der Waals surface area contributed by atoms with E-state index in [0.29, 0.717) is 5.11 Å². The van der Waals surface area contributed by atoms with Crippen LogP contribution in [0.3, 0.4) is 0 Å². The molecule has 2 aromatic heterocycles. The summed E-state index contributed by atoms with van der Waals surface area (Å²) >= 11 is 5.81. The fourth-order valence-corrected chi connectivity index (χ4v) is 5.01. The van der Waals surface area contributed by atoms with Gasteiger partial charge in [0.25, 0.3) is 0 Å². The number of rotatable bonds is 7. The molecule has 34 heavy (non-hydrogen) atoms. The largest absolute Gasteiger partial charge is 0.478 e. The summed E-state index contributed by atoms with van der Waals surface area (Å²) in [6.45, 7) is 5.05. The molecule has 9 heteroatoms. The van der Waals surface area contributed by atoms with Gasteiger partial charge >= 0.3 is 5.97 Å². The number of nitrogens with zero attached hydrogens (tertiary/aromatic N) is 4. The summed E-state index contributed by atoms with van der Waals surface area (Å²) in [6, 6.07) is 16.8. The van der Waals surface area contributed by atoms with Crippen molar-refractivity contribution in [3.8, 4) is 5.69 Å². The number of carbonyl (C=O) groups is 1. The number of benzene rings is 1. The van der Waals surface area contributed by atoms with Crippen molar-refractivity contribution in [2.24, 2.45) is 0 Å². The van der Waals surface area contributed by atoms with Crippen LogP contribution in [-0.4, -0.2) is 74.9 Å². The second-order valence-electron chi connectivity index (χ2n) is 8.43. The number of aromatic carboxylic acids is 1. The molecule has 5 rings (SSSR count). The summed E-state index contributed by atoms with van der Waals surface area (Å²) in [5, 5.41) is 13.5. The Morgan fingerprint density at radius 3 is 2.59 bits per heavy atom. The Bertz CT molecular complexity index is 1140. The lowest BCUT2D eigenvalue weighted by molar-refractivity contribution is 0.0349. The molecule has 2 atom stereocenters. The maximum Gasteiger partial charge on any atom is 0.335 e. The molecule has 0 amide bonds. The normalized spacial score (nSPS) is 20.9. The van der Waals surface area contributed by atoms with E-state index in [2.05, 4.69) is 30.7 Å². The third-order valence-electron chi connectivity index (χ3n) is 6.43. The van der Waals surface area contributed by atoms with Crippen molar-refractivity contribution in [1.82, 2.24) is 24.7 Å². The van der Waals surface area contributed by atoms with Gasteiger partial charge in [-0.05, 0) is 60.7 Å². The monoisotopic (exact) mass is 477 g/mol. The summed E-state index contributed by atoms with van der Waals surface area (Å²) < 4.78 is 7.59. The minimum atomic E-state index is -0.936. The third-order valence-corrected chi connectivity index (χ3v) is 6.79. The number of hydrogen-bond acceptors (Lipinski definition) is 5. The van der Waals surface area contributed by atoms with Crippen LogP contribution in [0.25, 0.3) is 5.69 Å². The van der Waals surface area contributed by atoms with Crippen LogP contribution in [0.15, 0.2) is 67.0 Å². The fraction of sp³-hybridized carbons (Fsp3) is 0.320. The number of nitrogens with one attached hydrogen (secondary N) is 1. The molecule has 2 aliphatic heterocycles. The number of ether oxygens (including phenoxy) is 1. The molecule has 2 unspecified atom stereocenters. The minimum Gasteiger partial charge on any atom is -0.478 e. The molecule has 0 saturated carbocycles. The molecule has 2 fully saturated rings. The van der Waals surface area contributed by atoms with Crippen molar-refractivity contribution < 1.29 is 14.6 Å². The van der Waals surface area contributed by atoms with Gasteiger partial charge < -0.3 is 24.6 Å². The lowest BCUT2D eigenvalue weighted by Gasteiger charge is -2.32. The highest BCUT2D eigenvalue weighted by molar-refractivity contribution is 7.80. The van der Waals surface area contributed by atoms with Crippen LogP contribution in [0.1, 0.15) is 33.8 Å². The van der Waals surface area contributed by atoms with Crippen LogP contribution in [-0.2, 0) is 4.74 Å². The van der Waals surface area contributed by atoms with Crippen LogP contribution >= 0.6 is 12.2 Å². The number of aromatic nitrogens is 2. The Morgan fingerprint density at radius 2 is 1.88 bits per heavy atom. The standard InChI is InChI=1S/C25H27N5O3S/c31-24(32)18-6-8-19(9-7-18)29-11-3-5-21(29)23-22(20-4-1-2-10-26-20)27-25(34)30(23)13-12-28-14-16-33-17-15-28/h1-11,22-23H,12-17H2,(H,27,34)(H,31,32). The molecule has 4 heterocycles. The Labute approximate surface area is 203 Å².